The van der Waals surface area contributed by atoms with Gasteiger partial charge in [-0.05, 0) is 0 Å². The Balaban J connectivity index is 5.61. The Hall–Kier alpha value is -2.45. The average molecular weight is 719 g/mol. The van der Waals surface area contributed by atoms with E-state index >= 15 is 0 Å². The van der Waals surface area contributed by atoms with Gasteiger partial charge in [-0.3, -0.25) is 9.59 Å². The Morgan fingerprint density at radius 2 is 0.932 bits per heavy atom. The summed E-state index contributed by atoms with van der Waals surface area (Å²) in [6, 6.07) is 0. The van der Waals surface area contributed by atoms with Gasteiger partial charge >= 0.3 is 59.8 Å². The molecule has 1 atom stereocenters. The molecule has 1 unspecified atom stereocenters. The standard InChI is InChI=1S/C17H15F18NO7S/c18-10(19,12(22,23)14(26,27)16(30,31)32)1-3-41-8(37)5-7(6-44(39,40)43-36)9(38)42-4-2-11(20,21)13(24,25)15(28,29)17(33,34)35/h7H,1-6,36H2. The largest absolute Gasteiger partial charge is 0.465 e. The van der Waals surface area contributed by atoms with Crippen molar-refractivity contribution in [1.29, 1.82) is 0 Å². The molecule has 0 aromatic heterocycles. The predicted molar refractivity (Wildman–Crippen MR) is 100 cm³/mol. The maximum absolute atomic E-state index is 13.5. The van der Waals surface area contributed by atoms with Crippen molar-refractivity contribution in [3.05, 3.63) is 0 Å². The van der Waals surface area contributed by atoms with Crippen molar-refractivity contribution in [2.75, 3.05) is 19.0 Å². The molecule has 0 amide bonds. The zero-order valence-corrected chi connectivity index (χ0v) is 21.3. The summed E-state index contributed by atoms with van der Waals surface area (Å²) in [6.07, 6.45) is -21.8. The zero-order valence-electron chi connectivity index (χ0n) is 20.5. The van der Waals surface area contributed by atoms with Crippen LogP contribution in [-0.2, 0) is 33.5 Å². The highest BCUT2D eigenvalue weighted by atomic mass is 32.2. The van der Waals surface area contributed by atoms with Gasteiger partial charge in [-0.1, -0.05) is 0 Å². The average Bonchev–Trinajstić information content (AvgIpc) is 2.81. The number of halogens is 18. The van der Waals surface area contributed by atoms with E-state index in [0.29, 0.717) is 0 Å². The fourth-order valence-corrected chi connectivity index (χ4v) is 3.40. The second-order valence-corrected chi connectivity index (χ2v) is 9.95. The van der Waals surface area contributed by atoms with Crippen LogP contribution in [0.5, 0.6) is 0 Å². The molecule has 44 heavy (non-hydrogen) atoms. The number of hydrogen-bond donors (Lipinski definition) is 1. The van der Waals surface area contributed by atoms with Crippen molar-refractivity contribution in [3.8, 4) is 0 Å². The number of hydrogen-bond acceptors (Lipinski definition) is 8. The fraction of sp³-hybridized carbons (Fsp3) is 0.882. The van der Waals surface area contributed by atoms with Crippen molar-refractivity contribution in [3.63, 3.8) is 0 Å². The number of carbonyl (C=O) groups is 2. The van der Waals surface area contributed by atoms with E-state index in [0.717, 1.165) is 0 Å². The smallest absolute Gasteiger partial charge is 0.460 e. The molecule has 0 radical (unpaired) electrons. The zero-order chi connectivity index (χ0) is 35.6. The van der Waals surface area contributed by atoms with E-state index in [1.54, 1.807) is 0 Å². The highest BCUT2D eigenvalue weighted by molar-refractivity contribution is 7.86. The third-order valence-corrected chi connectivity index (χ3v) is 6.16. The summed E-state index contributed by atoms with van der Waals surface area (Å²) in [4.78, 5) is 23.7. The van der Waals surface area contributed by atoms with Gasteiger partial charge in [0.2, 0.25) is 0 Å². The Kier molecular flexibility index (Phi) is 12.4. The van der Waals surface area contributed by atoms with Gasteiger partial charge in [0.05, 0.1) is 44.1 Å². The molecule has 0 saturated carbocycles. The number of nitrogens with two attached hydrogens (primary N) is 1. The molecular weight excluding hydrogens is 704 g/mol. The lowest BCUT2D eigenvalue weighted by Gasteiger charge is -2.33. The number of rotatable bonds is 16. The number of ether oxygens (including phenoxy) is 2. The molecule has 0 spiro atoms. The van der Waals surface area contributed by atoms with Gasteiger partial charge in [0, 0.05) is 0 Å². The van der Waals surface area contributed by atoms with Crippen LogP contribution in [0, 0.1) is 5.92 Å². The SMILES string of the molecule is NOS(=O)(=O)CC(CC(=O)OCCC(F)(F)C(F)(F)C(F)(F)C(F)(F)F)C(=O)OCCC(F)(F)C(F)(F)C(F)(F)C(F)(F)F. The van der Waals surface area contributed by atoms with Crippen molar-refractivity contribution in [1.82, 2.24) is 0 Å². The van der Waals surface area contributed by atoms with Gasteiger partial charge in [-0.15, -0.1) is 0 Å². The third-order valence-electron chi connectivity index (χ3n) is 5.06. The van der Waals surface area contributed by atoms with Crippen molar-refractivity contribution < 1.29 is 111 Å². The Morgan fingerprint density at radius 1 is 0.591 bits per heavy atom. The molecule has 0 aromatic carbocycles. The van der Waals surface area contributed by atoms with Crippen LogP contribution in [0.2, 0.25) is 0 Å². The van der Waals surface area contributed by atoms with E-state index in [1.807, 2.05) is 0 Å². The van der Waals surface area contributed by atoms with Crippen molar-refractivity contribution in [2.45, 2.75) is 67.2 Å². The molecule has 262 valence electrons. The fourth-order valence-electron chi connectivity index (χ4n) is 2.58. The highest BCUT2D eigenvalue weighted by Crippen LogP contribution is 2.55. The number of alkyl halides is 18. The monoisotopic (exact) mass is 719 g/mol. The minimum atomic E-state index is -7.34. The van der Waals surface area contributed by atoms with E-state index in [4.69, 9.17) is 0 Å². The molecule has 27 heteroatoms. The van der Waals surface area contributed by atoms with Crippen LogP contribution in [0.1, 0.15) is 19.3 Å². The lowest BCUT2D eigenvalue weighted by Crippen LogP contribution is -2.61. The molecule has 0 bridgehead atoms. The summed E-state index contributed by atoms with van der Waals surface area (Å²) < 4.78 is 265. The van der Waals surface area contributed by atoms with Gasteiger partial charge in [-0.2, -0.15) is 97.6 Å². The third kappa shape index (κ3) is 8.84. The summed E-state index contributed by atoms with van der Waals surface area (Å²) in [7, 11) is -5.15. The van der Waals surface area contributed by atoms with E-state index in [2.05, 4.69) is 19.7 Å². The summed E-state index contributed by atoms with van der Waals surface area (Å²) >= 11 is 0. The molecule has 0 fully saturated rings. The van der Waals surface area contributed by atoms with Crippen LogP contribution < -0.4 is 5.90 Å². The van der Waals surface area contributed by atoms with E-state index < -0.39 is 114 Å². The molecule has 0 aliphatic carbocycles. The quantitative estimate of drug-likeness (QED) is 0.134. The van der Waals surface area contributed by atoms with Gasteiger partial charge in [0.1, 0.15) is 0 Å². The maximum Gasteiger partial charge on any atom is 0.460 e. The second-order valence-electron chi connectivity index (χ2n) is 8.31. The lowest BCUT2D eigenvalue weighted by molar-refractivity contribution is -0.397. The van der Waals surface area contributed by atoms with Crippen LogP contribution in [0.3, 0.4) is 0 Å². The molecule has 0 aliphatic rings. The predicted octanol–water partition coefficient (Wildman–Crippen LogP) is 5.02. The first-order chi connectivity index (χ1) is 19.2. The van der Waals surface area contributed by atoms with Crippen LogP contribution in [0.15, 0.2) is 0 Å². The molecular formula is C17H15F18NO7S. The molecule has 8 nitrogen and oxygen atoms in total. The molecule has 0 rings (SSSR count). The van der Waals surface area contributed by atoms with Gasteiger partial charge in [0.15, 0.2) is 0 Å². The maximum atomic E-state index is 13.5. The van der Waals surface area contributed by atoms with Crippen LogP contribution in [0.25, 0.3) is 0 Å². The Morgan fingerprint density at radius 3 is 1.25 bits per heavy atom. The van der Waals surface area contributed by atoms with Crippen LogP contribution in [0.4, 0.5) is 79.0 Å². The van der Waals surface area contributed by atoms with E-state index in [-0.39, 0.29) is 0 Å². The first-order valence-electron chi connectivity index (χ1n) is 10.5. The van der Waals surface area contributed by atoms with E-state index in [9.17, 15) is 97.0 Å². The van der Waals surface area contributed by atoms with Crippen LogP contribution in [-0.4, -0.2) is 87.2 Å². The Bertz CT molecular complexity index is 1120. The van der Waals surface area contributed by atoms with Crippen molar-refractivity contribution in [2.24, 2.45) is 11.8 Å². The highest BCUT2D eigenvalue weighted by Gasteiger charge is 2.82. The Labute approximate surface area is 231 Å². The van der Waals surface area contributed by atoms with Gasteiger partial charge < -0.3 is 9.47 Å². The summed E-state index contributed by atoms with van der Waals surface area (Å²) in [5.41, 5.74) is 0. The normalized spacial score (nSPS) is 15.6. The number of carbonyl (C=O) groups excluding carboxylic acids is 2. The molecule has 0 saturated heterocycles. The summed E-state index contributed by atoms with van der Waals surface area (Å²) in [6.45, 7) is -4.33. The van der Waals surface area contributed by atoms with Crippen molar-refractivity contribution >= 4 is 22.1 Å². The topological polar surface area (TPSA) is 122 Å². The van der Waals surface area contributed by atoms with Gasteiger partial charge in [0.25, 0.3) is 10.1 Å². The van der Waals surface area contributed by atoms with E-state index in [1.165, 1.54) is 0 Å². The van der Waals surface area contributed by atoms with Crippen LogP contribution >= 0.6 is 0 Å². The van der Waals surface area contributed by atoms with Gasteiger partial charge in [-0.25, -0.2) is 0 Å². The number of esters is 2. The minimum absolute atomic E-state index is 1.82. The molecule has 0 aromatic rings. The first-order valence-corrected chi connectivity index (χ1v) is 12.1. The molecule has 2 N–H and O–H groups in total. The lowest BCUT2D eigenvalue weighted by atomic mass is 10.0. The first kappa shape index (κ1) is 41.5. The minimum Gasteiger partial charge on any atom is -0.465 e. The summed E-state index contributed by atoms with van der Waals surface area (Å²) in [5, 5.41) is 0. The summed E-state index contributed by atoms with van der Waals surface area (Å²) in [5.74, 6) is -46.1. The molecule has 0 aliphatic heterocycles. The second kappa shape index (κ2) is 13.1. The molecule has 0 heterocycles.